The molecule has 2 aromatic rings. The number of thioether (sulfide) groups is 1. The van der Waals surface area contributed by atoms with Crippen molar-refractivity contribution in [2.24, 2.45) is 5.41 Å². The molecule has 192 valence electrons. The largest absolute Gasteiger partial charge is 0.374 e. The zero-order valence-corrected chi connectivity index (χ0v) is 20.2. The number of benzene rings is 1. The summed E-state index contributed by atoms with van der Waals surface area (Å²) in [6, 6.07) is -0.169. The van der Waals surface area contributed by atoms with Crippen LogP contribution in [0.1, 0.15) is 12.5 Å². The zero-order chi connectivity index (χ0) is 25.8. The van der Waals surface area contributed by atoms with Crippen molar-refractivity contribution in [3.63, 3.8) is 0 Å². The van der Waals surface area contributed by atoms with Crippen molar-refractivity contribution in [2.45, 2.75) is 30.7 Å². The molecule has 3 unspecified atom stereocenters. The summed E-state index contributed by atoms with van der Waals surface area (Å²) in [6.45, 7) is 1.38. The summed E-state index contributed by atoms with van der Waals surface area (Å²) in [6.07, 6.45) is -0.415. The number of aromatic nitrogens is 1. The lowest BCUT2D eigenvalue weighted by Gasteiger charge is -2.52. The number of anilines is 2. The Morgan fingerprint density at radius 1 is 1.42 bits per heavy atom. The molecule has 2 N–H and O–H groups in total. The number of ether oxygens (including phenoxy) is 1. The van der Waals surface area contributed by atoms with E-state index in [0.29, 0.717) is 11.8 Å². The standard InChI is InChI=1S/C22H23F2N5O6S/c1-10-17-22(9-30,19(31)26-20(32)25-2)6-11-5-13-16(14(24)15(11)28(17)3-4-34-10)35-27-18(13)29-8-12(7-23)36-21(29)33/h5,9-10,12,17H,3-4,6-8H2,1-2H3,(H2,25,26,31,32)/t10-,12?,17?,22?/m0/s1. The van der Waals surface area contributed by atoms with Gasteiger partial charge in [0.1, 0.15) is 18.4 Å². The predicted octanol–water partition coefficient (Wildman–Crippen LogP) is 1.77. The first-order valence-electron chi connectivity index (χ1n) is 11.3. The molecule has 2 saturated heterocycles. The van der Waals surface area contributed by atoms with Gasteiger partial charge >= 0.3 is 6.03 Å². The van der Waals surface area contributed by atoms with Crippen LogP contribution in [0.3, 0.4) is 0 Å². The van der Waals surface area contributed by atoms with Gasteiger partial charge in [0.05, 0.1) is 35.1 Å². The molecule has 3 aliphatic rings. The number of rotatable bonds is 4. The molecule has 3 aliphatic heterocycles. The lowest BCUT2D eigenvalue weighted by Crippen LogP contribution is -2.67. The van der Waals surface area contributed by atoms with Crippen molar-refractivity contribution < 1.29 is 37.2 Å². The average molecular weight is 524 g/mol. The highest BCUT2D eigenvalue weighted by molar-refractivity contribution is 8.14. The number of carbonyl (C=O) groups excluding carboxylic acids is 4. The van der Waals surface area contributed by atoms with Crippen molar-refractivity contribution in [1.82, 2.24) is 15.8 Å². The summed E-state index contributed by atoms with van der Waals surface area (Å²) in [4.78, 5) is 53.1. The number of halogens is 2. The number of urea groups is 1. The van der Waals surface area contributed by atoms with E-state index in [1.807, 2.05) is 0 Å². The van der Waals surface area contributed by atoms with E-state index in [-0.39, 0.29) is 48.6 Å². The van der Waals surface area contributed by atoms with Gasteiger partial charge in [0.2, 0.25) is 11.5 Å². The molecule has 4 atom stereocenters. The molecular formula is C22H23F2N5O6S. The number of fused-ring (bicyclic) bond motifs is 4. The van der Waals surface area contributed by atoms with Gasteiger partial charge in [-0.05, 0) is 25.0 Å². The minimum absolute atomic E-state index is 0.0316. The predicted molar refractivity (Wildman–Crippen MR) is 125 cm³/mol. The fourth-order valence-corrected chi connectivity index (χ4v) is 6.19. The summed E-state index contributed by atoms with van der Waals surface area (Å²) in [7, 11) is 1.33. The molecule has 36 heavy (non-hydrogen) atoms. The minimum atomic E-state index is -1.78. The van der Waals surface area contributed by atoms with Crippen LogP contribution in [0.25, 0.3) is 11.0 Å². The molecule has 0 saturated carbocycles. The Labute approximate surface area is 207 Å². The van der Waals surface area contributed by atoms with E-state index in [1.54, 1.807) is 11.8 Å². The third kappa shape index (κ3) is 3.53. The van der Waals surface area contributed by atoms with Crippen LogP contribution in [0.2, 0.25) is 0 Å². The van der Waals surface area contributed by atoms with Crippen LogP contribution in [-0.2, 0) is 20.7 Å². The Kier molecular flexibility index (Phi) is 6.11. The highest BCUT2D eigenvalue weighted by atomic mass is 32.2. The van der Waals surface area contributed by atoms with Crippen LogP contribution < -0.4 is 20.4 Å². The topological polar surface area (TPSA) is 134 Å². The van der Waals surface area contributed by atoms with Crippen LogP contribution in [0.4, 0.5) is 29.9 Å². The molecule has 14 heteroatoms. The normalized spacial score (nSPS) is 27.6. The summed E-state index contributed by atoms with van der Waals surface area (Å²) in [5, 5.41) is 7.49. The van der Waals surface area contributed by atoms with E-state index in [0.717, 1.165) is 11.8 Å². The van der Waals surface area contributed by atoms with Gasteiger partial charge in [-0.2, -0.15) is 0 Å². The fourth-order valence-electron chi connectivity index (χ4n) is 5.33. The minimum Gasteiger partial charge on any atom is -0.374 e. The number of nitrogens with zero attached hydrogens (tertiary/aromatic N) is 3. The Morgan fingerprint density at radius 2 is 2.19 bits per heavy atom. The molecule has 1 aromatic carbocycles. The van der Waals surface area contributed by atoms with Gasteiger partial charge in [-0.1, -0.05) is 16.9 Å². The third-order valence-electron chi connectivity index (χ3n) is 6.92. The average Bonchev–Trinajstić information content (AvgIpc) is 3.46. The fraction of sp³-hybridized carbons (Fsp3) is 0.500. The van der Waals surface area contributed by atoms with Crippen molar-refractivity contribution in [3.05, 3.63) is 17.4 Å². The van der Waals surface area contributed by atoms with Crippen molar-refractivity contribution in [1.29, 1.82) is 0 Å². The van der Waals surface area contributed by atoms with E-state index in [4.69, 9.17) is 9.26 Å². The van der Waals surface area contributed by atoms with Crippen molar-refractivity contribution in [3.8, 4) is 0 Å². The van der Waals surface area contributed by atoms with Gasteiger partial charge in [0.15, 0.2) is 11.6 Å². The van der Waals surface area contributed by atoms with Gasteiger partial charge in [0.25, 0.3) is 5.24 Å². The van der Waals surface area contributed by atoms with E-state index in [9.17, 15) is 23.6 Å². The third-order valence-corrected chi connectivity index (χ3v) is 7.95. The molecule has 5 rings (SSSR count). The molecule has 0 aliphatic carbocycles. The number of aldehydes is 1. The van der Waals surface area contributed by atoms with Crippen LogP contribution in [0.5, 0.6) is 0 Å². The summed E-state index contributed by atoms with van der Waals surface area (Å²) >= 11 is 0.821. The first kappa shape index (κ1) is 24.4. The number of amides is 4. The van der Waals surface area contributed by atoms with Gasteiger partial charge in [0, 0.05) is 20.1 Å². The monoisotopic (exact) mass is 523 g/mol. The van der Waals surface area contributed by atoms with Gasteiger partial charge in [-0.15, -0.1) is 0 Å². The van der Waals surface area contributed by atoms with Crippen molar-refractivity contribution >= 4 is 57.7 Å². The second-order valence-electron chi connectivity index (χ2n) is 8.93. The Balaban J connectivity index is 1.66. The molecule has 4 amide bonds. The van der Waals surface area contributed by atoms with E-state index in [2.05, 4.69) is 15.8 Å². The van der Waals surface area contributed by atoms with E-state index < -0.39 is 52.5 Å². The van der Waals surface area contributed by atoms with Crippen LogP contribution in [0.15, 0.2) is 10.6 Å². The molecular weight excluding hydrogens is 500 g/mol. The summed E-state index contributed by atoms with van der Waals surface area (Å²) < 4.78 is 40.2. The van der Waals surface area contributed by atoms with E-state index >= 15 is 4.39 Å². The number of hydrogen-bond acceptors (Lipinski definition) is 9. The van der Waals surface area contributed by atoms with Gasteiger partial charge < -0.3 is 24.3 Å². The van der Waals surface area contributed by atoms with Crippen LogP contribution >= 0.6 is 11.8 Å². The molecule has 0 spiro atoms. The molecule has 1 aromatic heterocycles. The van der Waals surface area contributed by atoms with E-state index in [1.165, 1.54) is 18.0 Å². The van der Waals surface area contributed by atoms with Crippen molar-refractivity contribution in [2.75, 3.05) is 43.2 Å². The maximum Gasteiger partial charge on any atom is 0.321 e. The van der Waals surface area contributed by atoms with Crippen LogP contribution in [-0.4, -0.2) is 79.4 Å². The molecule has 0 bridgehead atoms. The lowest BCUT2D eigenvalue weighted by atomic mass is 9.69. The summed E-state index contributed by atoms with van der Waals surface area (Å²) in [5.74, 6) is -1.57. The van der Waals surface area contributed by atoms with Gasteiger partial charge in [-0.25, -0.2) is 13.6 Å². The Bertz CT molecular complexity index is 1270. The second-order valence-corrected chi connectivity index (χ2v) is 10.2. The van der Waals surface area contributed by atoms with Gasteiger partial charge in [-0.3, -0.25) is 19.8 Å². The number of imide groups is 1. The number of alkyl halides is 1. The highest BCUT2D eigenvalue weighted by Gasteiger charge is 2.57. The molecule has 0 radical (unpaired) electrons. The number of nitrogens with one attached hydrogen (secondary N) is 2. The quantitative estimate of drug-likeness (QED) is 0.454. The molecule has 2 fully saturated rings. The molecule has 11 nitrogen and oxygen atoms in total. The second kappa shape index (κ2) is 9.00. The number of hydrogen-bond donors (Lipinski definition) is 2. The Hall–Kier alpha value is -3.26. The first-order chi connectivity index (χ1) is 17.2. The maximum absolute atomic E-state index is 16.0. The maximum atomic E-state index is 16.0. The van der Waals surface area contributed by atoms with Crippen LogP contribution in [0, 0.1) is 11.2 Å². The number of morpholine rings is 1. The molecule has 4 heterocycles. The lowest BCUT2D eigenvalue weighted by molar-refractivity contribution is -0.142. The SMILES string of the molecule is CNC(=O)NC(=O)C1(C=O)Cc2cc3c(N4CC(CF)SC4=O)noc3c(F)c2N2CCO[C@@H](C)C21. The first-order valence-corrected chi connectivity index (χ1v) is 12.2. The highest BCUT2D eigenvalue weighted by Crippen LogP contribution is 2.48. The number of carbonyl (C=O) groups is 4. The zero-order valence-electron chi connectivity index (χ0n) is 19.4. The Morgan fingerprint density at radius 3 is 2.86 bits per heavy atom. The smallest absolute Gasteiger partial charge is 0.321 e. The summed E-state index contributed by atoms with van der Waals surface area (Å²) in [5.41, 5.74) is -1.54.